The number of ether oxygens (including phenoxy) is 2. The number of nitrogens with one attached hydrogen (secondary N) is 2. The van der Waals surface area contributed by atoms with Crippen LogP contribution < -0.4 is 15.4 Å². The molecule has 5 nitrogen and oxygen atoms in total. The largest absolute Gasteiger partial charge is 0.491 e. The summed E-state index contributed by atoms with van der Waals surface area (Å²) in [5.74, 6) is 0.698. The van der Waals surface area contributed by atoms with E-state index in [-0.39, 0.29) is 24.2 Å². The van der Waals surface area contributed by atoms with Crippen molar-refractivity contribution >= 4 is 24.0 Å². The van der Waals surface area contributed by atoms with Crippen LogP contribution in [0.15, 0.2) is 24.3 Å². The van der Waals surface area contributed by atoms with Crippen molar-refractivity contribution in [3.63, 3.8) is 0 Å². The van der Waals surface area contributed by atoms with Crippen LogP contribution in [0.3, 0.4) is 0 Å². The Balaban J connectivity index is 0.00000361. The van der Waals surface area contributed by atoms with Crippen molar-refractivity contribution in [2.24, 2.45) is 5.92 Å². The van der Waals surface area contributed by atoms with Gasteiger partial charge in [-0.05, 0) is 31.3 Å². The van der Waals surface area contributed by atoms with Crippen molar-refractivity contribution in [1.29, 1.82) is 0 Å². The zero-order chi connectivity index (χ0) is 14.1. The molecular formula is C14H23ClN2O3. The highest BCUT2D eigenvalue weighted by Gasteiger charge is 2.11. The lowest BCUT2D eigenvalue weighted by molar-refractivity contribution is -0.119. The van der Waals surface area contributed by atoms with Gasteiger partial charge in [0.25, 0.3) is 0 Å². The Labute approximate surface area is 126 Å². The fourth-order valence-electron chi connectivity index (χ4n) is 1.54. The van der Waals surface area contributed by atoms with E-state index >= 15 is 0 Å². The minimum atomic E-state index is -0.0670. The maximum absolute atomic E-state index is 11.8. The predicted molar refractivity (Wildman–Crippen MR) is 82.8 cm³/mol. The third-order valence-corrected chi connectivity index (χ3v) is 2.64. The SMILES string of the molecule is CNCC(C)C(=O)Nc1ccc(OCCOC)cc1.Cl. The first-order chi connectivity index (χ1) is 9.17. The molecule has 0 fully saturated rings. The Kier molecular flexibility index (Phi) is 9.80. The minimum absolute atomic E-state index is 0. The van der Waals surface area contributed by atoms with Crippen LogP contribution in [0.2, 0.25) is 0 Å². The quantitative estimate of drug-likeness (QED) is 0.720. The summed E-state index contributed by atoms with van der Waals surface area (Å²) >= 11 is 0. The van der Waals surface area contributed by atoms with Gasteiger partial charge in [-0.1, -0.05) is 6.92 Å². The molecule has 2 N–H and O–H groups in total. The van der Waals surface area contributed by atoms with E-state index in [0.29, 0.717) is 19.8 Å². The third-order valence-electron chi connectivity index (χ3n) is 2.64. The predicted octanol–water partition coefficient (Wildman–Crippen LogP) is 1.93. The molecule has 0 saturated carbocycles. The van der Waals surface area contributed by atoms with E-state index in [4.69, 9.17) is 9.47 Å². The Morgan fingerprint density at radius 3 is 2.45 bits per heavy atom. The summed E-state index contributed by atoms with van der Waals surface area (Å²) in [6.45, 7) is 3.61. The van der Waals surface area contributed by atoms with Gasteiger partial charge in [0.2, 0.25) is 5.91 Å². The topological polar surface area (TPSA) is 59.6 Å². The molecule has 20 heavy (non-hydrogen) atoms. The first kappa shape index (κ1) is 18.7. The van der Waals surface area contributed by atoms with E-state index in [9.17, 15) is 4.79 Å². The fourth-order valence-corrected chi connectivity index (χ4v) is 1.54. The molecule has 1 unspecified atom stereocenters. The van der Waals surface area contributed by atoms with E-state index in [2.05, 4.69) is 10.6 Å². The van der Waals surface area contributed by atoms with Crippen LogP contribution in [0.4, 0.5) is 5.69 Å². The lowest BCUT2D eigenvalue weighted by Crippen LogP contribution is -2.28. The monoisotopic (exact) mass is 302 g/mol. The summed E-state index contributed by atoms with van der Waals surface area (Å²) in [7, 11) is 3.46. The Hall–Kier alpha value is -1.30. The minimum Gasteiger partial charge on any atom is -0.491 e. The molecule has 0 bridgehead atoms. The number of methoxy groups -OCH3 is 1. The lowest BCUT2D eigenvalue weighted by Gasteiger charge is -2.12. The summed E-state index contributed by atoms with van der Waals surface area (Å²) in [5.41, 5.74) is 0.770. The second-order valence-corrected chi connectivity index (χ2v) is 4.31. The number of rotatable bonds is 8. The third kappa shape index (κ3) is 6.75. The van der Waals surface area contributed by atoms with Crippen molar-refractivity contribution in [1.82, 2.24) is 5.32 Å². The second-order valence-electron chi connectivity index (χ2n) is 4.31. The van der Waals surface area contributed by atoms with Gasteiger partial charge in [0.05, 0.1) is 6.61 Å². The molecule has 0 aliphatic heterocycles. The highest BCUT2D eigenvalue weighted by Crippen LogP contribution is 2.16. The average Bonchev–Trinajstić information content (AvgIpc) is 2.41. The Morgan fingerprint density at radius 1 is 1.25 bits per heavy atom. The first-order valence-electron chi connectivity index (χ1n) is 6.34. The Bertz CT molecular complexity index is 385. The summed E-state index contributed by atoms with van der Waals surface area (Å²) in [6.07, 6.45) is 0. The average molecular weight is 303 g/mol. The number of hydrogen-bond donors (Lipinski definition) is 2. The van der Waals surface area contributed by atoms with E-state index in [1.807, 2.05) is 38.2 Å². The molecule has 1 amide bonds. The number of anilines is 1. The van der Waals surface area contributed by atoms with Gasteiger partial charge in [0.1, 0.15) is 12.4 Å². The van der Waals surface area contributed by atoms with Gasteiger partial charge >= 0.3 is 0 Å². The number of carbonyl (C=O) groups excluding carboxylic acids is 1. The molecule has 1 atom stereocenters. The fraction of sp³-hybridized carbons (Fsp3) is 0.500. The van der Waals surface area contributed by atoms with E-state index in [1.54, 1.807) is 7.11 Å². The molecular weight excluding hydrogens is 280 g/mol. The van der Waals surface area contributed by atoms with Crippen LogP contribution in [0.5, 0.6) is 5.75 Å². The number of halogens is 1. The summed E-state index contributed by atoms with van der Waals surface area (Å²) in [4.78, 5) is 11.8. The molecule has 0 aliphatic rings. The van der Waals surface area contributed by atoms with Gasteiger partial charge < -0.3 is 20.1 Å². The number of benzene rings is 1. The zero-order valence-electron chi connectivity index (χ0n) is 12.1. The van der Waals surface area contributed by atoms with Crippen molar-refractivity contribution in [2.75, 3.05) is 39.2 Å². The molecule has 0 aromatic heterocycles. The molecule has 0 heterocycles. The van der Waals surface area contributed by atoms with Crippen LogP contribution in [0.1, 0.15) is 6.92 Å². The van der Waals surface area contributed by atoms with Crippen LogP contribution >= 0.6 is 12.4 Å². The maximum Gasteiger partial charge on any atom is 0.228 e. The molecule has 0 saturated heterocycles. The highest BCUT2D eigenvalue weighted by molar-refractivity contribution is 5.92. The smallest absolute Gasteiger partial charge is 0.228 e. The van der Waals surface area contributed by atoms with Crippen molar-refractivity contribution in [3.8, 4) is 5.75 Å². The van der Waals surface area contributed by atoms with Crippen LogP contribution in [-0.4, -0.2) is 39.8 Å². The molecule has 0 spiro atoms. The number of carbonyl (C=O) groups is 1. The molecule has 1 rings (SSSR count). The van der Waals surface area contributed by atoms with E-state index in [0.717, 1.165) is 11.4 Å². The first-order valence-corrected chi connectivity index (χ1v) is 6.34. The maximum atomic E-state index is 11.8. The van der Waals surface area contributed by atoms with Crippen LogP contribution in [0.25, 0.3) is 0 Å². The highest BCUT2D eigenvalue weighted by atomic mass is 35.5. The summed E-state index contributed by atoms with van der Waals surface area (Å²) in [6, 6.07) is 7.31. The molecule has 114 valence electrons. The normalized spacial score (nSPS) is 11.3. The lowest BCUT2D eigenvalue weighted by atomic mass is 10.1. The number of amides is 1. The zero-order valence-corrected chi connectivity index (χ0v) is 13.0. The van der Waals surface area contributed by atoms with Gasteiger partial charge in [0.15, 0.2) is 0 Å². The molecule has 6 heteroatoms. The van der Waals surface area contributed by atoms with Crippen molar-refractivity contribution in [3.05, 3.63) is 24.3 Å². The van der Waals surface area contributed by atoms with E-state index in [1.165, 1.54) is 0 Å². The molecule has 0 aliphatic carbocycles. The Morgan fingerprint density at radius 2 is 1.90 bits per heavy atom. The van der Waals surface area contributed by atoms with Gasteiger partial charge in [0, 0.05) is 25.3 Å². The summed E-state index contributed by atoms with van der Waals surface area (Å²) < 4.78 is 10.3. The number of hydrogen-bond acceptors (Lipinski definition) is 4. The molecule has 1 aromatic carbocycles. The standard InChI is InChI=1S/C14H22N2O3.ClH/c1-11(10-15-2)14(17)16-12-4-6-13(7-5-12)19-9-8-18-3;/h4-7,11,15H,8-10H2,1-3H3,(H,16,17);1H. The summed E-state index contributed by atoms with van der Waals surface area (Å²) in [5, 5.41) is 5.84. The van der Waals surface area contributed by atoms with Gasteiger partial charge in [-0.25, -0.2) is 0 Å². The second kappa shape index (κ2) is 10.5. The van der Waals surface area contributed by atoms with Crippen molar-refractivity contribution in [2.45, 2.75) is 6.92 Å². The molecule has 1 aromatic rings. The van der Waals surface area contributed by atoms with Crippen LogP contribution in [-0.2, 0) is 9.53 Å². The molecule has 0 radical (unpaired) electrons. The van der Waals surface area contributed by atoms with E-state index < -0.39 is 0 Å². The van der Waals surface area contributed by atoms with Gasteiger partial charge in [-0.15, -0.1) is 12.4 Å². The van der Waals surface area contributed by atoms with Gasteiger partial charge in [-0.2, -0.15) is 0 Å². The van der Waals surface area contributed by atoms with Crippen molar-refractivity contribution < 1.29 is 14.3 Å². The van der Waals surface area contributed by atoms with Crippen LogP contribution in [0, 0.1) is 5.92 Å². The van der Waals surface area contributed by atoms with Gasteiger partial charge in [-0.3, -0.25) is 4.79 Å².